The molecule has 0 aliphatic carbocycles. The van der Waals surface area contributed by atoms with Gasteiger partial charge in [0.25, 0.3) is 0 Å². The molecule has 22 heavy (non-hydrogen) atoms. The van der Waals surface area contributed by atoms with Crippen LogP contribution in [0.3, 0.4) is 0 Å². The van der Waals surface area contributed by atoms with Crippen LogP contribution in [-0.4, -0.2) is 17.9 Å². The molecule has 1 unspecified atom stereocenters. The summed E-state index contributed by atoms with van der Waals surface area (Å²) in [4.78, 5) is 19.1. The normalized spacial score (nSPS) is 12.3. The fourth-order valence-electron chi connectivity index (χ4n) is 2.57. The monoisotopic (exact) mass is 310 g/mol. The highest BCUT2D eigenvalue weighted by Gasteiger charge is 2.24. The maximum absolute atomic E-state index is 12.8. The summed E-state index contributed by atoms with van der Waals surface area (Å²) < 4.78 is 1.10. The summed E-state index contributed by atoms with van der Waals surface area (Å²) >= 11 is 1.55. The van der Waals surface area contributed by atoms with Crippen molar-refractivity contribution in [2.75, 3.05) is 11.9 Å². The number of fused-ring (bicyclic) bond motifs is 1. The molecule has 3 aromatic rings. The molecule has 112 valence electrons. The summed E-state index contributed by atoms with van der Waals surface area (Å²) in [6.45, 7) is 2.04. The van der Waals surface area contributed by atoms with Gasteiger partial charge in [-0.25, -0.2) is 4.98 Å². The molecule has 1 aromatic heterocycles. The first-order valence-electron chi connectivity index (χ1n) is 7.38. The first-order chi connectivity index (χ1) is 10.7. The molecule has 1 heterocycles. The number of carbonyl (C=O) groups excluding carboxylic acids is 1. The molecule has 0 saturated carbocycles. The Balaban J connectivity index is 1.89. The Hall–Kier alpha value is -2.20. The topological polar surface area (TPSA) is 33.2 Å². The number of hydrogen-bond donors (Lipinski definition) is 0. The molecule has 3 rings (SSSR count). The van der Waals surface area contributed by atoms with Gasteiger partial charge in [-0.1, -0.05) is 60.7 Å². The second kappa shape index (κ2) is 6.28. The average Bonchev–Trinajstić information content (AvgIpc) is 2.99. The van der Waals surface area contributed by atoms with Crippen molar-refractivity contribution in [1.82, 2.24) is 4.98 Å². The van der Waals surface area contributed by atoms with Gasteiger partial charge in [0.15, 0.2) is 5.13 Å². The third kappa shape index (κ3) is 2.74. The lowest BCUT2D eigenvalue weighted by atomic mass is 9.95. The molecule has 1 atom stereocenters. The van der Waals surface area contributed by atoms with E-state index in [1.807, 2.05) is 68.6 Å². The molecule has 0 bridgehead atoms. The highest BCUT2D eigenvalue weighted by molar-refractivity contribution is 7.22. The summed E-state index contributed by atoms with van der Waals surface area (Å²) in [5.41, 5.74) is 2.00. The van der Waals surface area contributed by atoms with Crippen LogP contribution >= 0.6 is 11.3 Å². The minimum atomic E-state index is -0.127. The predicted octanol–water partition coefficient (Wildman–Crippen LogP) is 4.45. The molecule has 0 spiro atoms. The van der Waals surface area contributed by atoms with E-state index >= 15 is 0 Å². The molecule has 0 fully saturated rings. The minimum Gasteiger partial charge on any atom is -0.291 e. The van der Waals surface area contributed by atoms with Crippen LogP contribution in [0.15, 0.2) is 54.6 Å². The number of para-hydroxylation sites is 1. The van der Waals surface area contributed by atoms with Gasteiger partial charge >= 0.3 is 0 Å². The number of hydrogen-bond acceptors (Lipinski definition) is 3. The van der Waals surface area contributed by atoms with Crippen LogP contribution in [0, 0.1) is 0 Å². The molecule has 2 aromatic carbocycles. The lowest BCUT2D eigenvalue weighted by molar-refractivity contribution is -0.119. The second-order valence-corrected chi connectivity index (χ2v) is 6.24. The minimum absolute atomic E-state index is 0.0905. The van der Waals surface area contributed by atoms with Gasteiger partial charge in [-0.05, 0) is 24.1 Å². The number of carbonyl (C=O) groups is 1. The van der Waals surface area contributed by atoms with Crippen LogP contribution in [0.5, 0.6) is 0 Å². The van der Waals surface area contributed by atoms with E-state index in [1.54, 1.807) is 16.2 Å². The van der Waals surface area contributed by atoms with Crippen LogP contribution in [0.2, 0.25) is 0 Å². The zero-order valence-electron chi connectivity index (χ0n) is 12.7. The van der Waals surface area contributed by atoms with E-state index in [0.29, 0.717) is 0 Å². The van der Waals surface area contributed by atoms with E-state index < -0.39 is 0 Å². The van der Waals surface area contributed by atoms with Crippen molar-refractivity contribution in [3.05, 3.63) is 60.2 Å². The number of thiazole rings is 1. The van der Waals surface area contributed by atoms with Crippen LogP contribution in [0.1, 0.15) is 24.8 Å². The standard InChI is InChI=1S/C18H18N2OS/c1-3-14(13-9-5-4-6-10-13)17(21)20(2)18-19-15-11-7-8-12-16(15)22-18/h4-12,14H,3H2,1-2H3. The van der Waals surface area contributed by atoms with Crippen molar-refractivity contribution in [3.8, 4) is 0 Å². The van der Waals surface area contributed by atoms with E-state index in [2.05, 4.69) is 4.98 Å². The van der Waals surface area contributed by atoms with Gasteiger partial charge in [-0.15, -0.1) is 0 Å². The van der Waals surface area contributed by atoms with Gasteiger partial charge in [-0.3, -0.25) is 9.69 Å². The molecule has 0 saturated heterocycles. The van der Waals surface area contributed by atoms with Crippen molar-refractivity contribution in [2.24, 2.45) is 0 Å². The summed E-state index contributed by atoms with van der Waals surface area (Å²) in [7, 11) is 1.81. The van der Waals surface area contributed by atoms with Gasteiger partial charge in [-0.2, -0.15) is 0 Å². The Morgan fingerprint density at radius 3 is 2.50 bits per heavy atom. The molecule has 0 radical (unpaired) electrons. The largest absolute Gasteiger partial charge is 0.291 e. The van der Waals surface area contributed by atoms with E-state index in [-0.39, 0.29) is 11.8 Å². The van der Waals surface area contributed by atoms with E-state index in [4.69, 9.17) is 0 Å². The molecule has 4 heteroatoms. The summed E-state index contributed by atoms with van der Waals surface area (Å²) in [5.74, 6) is -0.0361. The maximum atomic E-state index is 12.8. The van der Waals surface area contributed by atoms with Gasteiger partial charge in [0.1, 0.15) is 0 Å². The van der Waals surface area contributed by atoms with Crippen molar-refractivity contribution in [2.45, 2.75) is 19.3 Å². The smallest absolute Gasteiger partial charge is 0.236 e. The summed E-state index contributed by atoms with van der Waals surface area (Å²) in [6.07, 6.45) is 0.776. The highest BCUT2D eigenvalue weighted by atomic mass is 32.1. The van der Waals surface area contributed by atoms with Gasteiger partial charge in [0.05, 0.1) is 16.1 Å². The molecule has 0 aliphatic rings. The van der Waals surface area contributed by atoms with E-state index in [1.165, 1.54) is 0 Å². The zero-order valence-corrected chi connectivity index (χ0v) is 13.5. The molecular formula is C18H18N2OS. The third-order valence-electron chi connectivity index (χ3n) is 3.81. The fraction of sp³-hybridized carbons (Fsp3) is 0.222. The Morgan fingerprint density at radius 1 is 1.14 bits per heavy atom. The number of amides is 1. The van der Waals surface area contributed by atoms with Gasteiger partial charge in [0.2, 0.25) is 5.91 Å². The number of nitrogens with zero attached hydrogens (tertiary/aromatic N) is 2. The van der Waals surface area contributed by atoms with Crippen molar-refractivity contribution >= 4 is 32.6 Å². The number of aromatic nitrogens is 1. The quantitative estimate of drug-likeness (QED) is 0.713. The number of benzene rings is 2. The first kappa shape index (κ1) is 14.7. The fourth-order valence-corrected chi connectivity index (χ4v) is 3.50. The van der Waals surface area contributed by atoms with Crippen LogP contribution in [0.25, 0.3) is 10.2 Å². The van der Waals surface area contributed by atoms with Crippen LogP contribution in [0.4, 0.5) is 5.13 Å². The maximum Gasteiger partial charge on any atom is 0.236 e. The number of anilines is 1. The second-order valence-electron chi connectivity index (χ2n) is 5.23. The Labute approximate surface area is 134 Å². The van der Waals surface area contributed by atoms with Crippen LogP contribution < -0.4 is 4.90 Å². The van der Waals surface area contributed by atoms with E-state index in [0.717, 1.165) is 27.3 Å². The molecule has 3 nitrogen and oxygen atoms in total. The Kier molecular flexibility index (Phi) is 4.20. The molecule has 1 amide bonds. The Bertz CT molecular complexity index is 749. The highest BCUT2D eigenvalue weighted by Crippen LogP contribution is 2.30. The zero-order chi connectivity index (χ0) is 15.5. The summed E-state index contributed by atoms with van der Waals surface area (Å²) in [6, 6.07) is 17.9. The lowest BCUT2D eigenvalue weighted by Crippen LogP contribution is -2.31. The van der Waals surface area contributed by atoms with Crippen molar-refractivity contribution in [1.29, 1.82) is 0 Å². The molecular weight excluding hydrogens is 292 g/mol. The number of likely N-dealkylation sites (N-methyl/N-ethyl adjacent to an activating group) is 1. The molecule has 0 N–H and O–H groups in total. The third-order valence-corrected chi connectivity index (χ3v) is 4.92. The Morgan fingerprint density at radius 2 is 1.82 bits per heavy atom. The van der Waals surface area contributed by atoms with Crippen molar-refractivity contribution < 1.29 is 4.79 Å². The van der Waals surface area contributed by atoms with E-state index in [9.17, 15) is 4.79 Å². The first-order valence-corrected chi connectivity index (χ1v) is 8.20. The lowest BCUT2D eigenvalue weighted by Gasteiger charge is -2.21. The van der Waals surface area contributed by atoms with Crippen molar-refractivity contribution in [3.63, 3.8) is 0 Å². The predicted molar refractivity (Wildman–Crippen MR) is 92.5 cm³/mol. The van der Waals surface area contributed by atoms with Gasteiger partial charge in [0, 0.05) is 7.05 Å². The van der Waals surface area contributed by atoms with Gasteiger partial charge < -0.3 is 0 Å². The number of rotatable bonds is 4. The average molecular weight is 310 g/mol. The van der Waals surface area contributed by atoms with Crippen LogP contribution in [-0.2, 0) is 4.79 Å². The SMILES string of the molecule is CCC(C(=O)N(C)c1nc2ccccc2s1)c1ccccc1. The molecule has 0 aliphatic heterocycles. The summed E-state index contributed by atoms with van der Waals surface area (Å²) in [5, 5.41) is 0.751.